The van der Waals surface area contributed by atoms with Crippen LogP contribution in [0.4, 0.5) is 5.69 Å². The van der Waals surface area contributed by atoms with E-state index >= 15 is 0 Å². The van der Waals surface area contributed by atoms with Crippen molar-refractivity contribution >= 4 is 5.69 Å². The molecule has 2 nitrogen and oxygen atoms in total. The maximum absolute atomic E-state index is 6.14. The van der Waals surface area contributed by atoms with Crippen LogP contribution in [0.2, 0.25) is 0 Å². The van der Waals surface area contributed by atoms with Crippen molar-refractivity contribution in [2.24, 2.45) is 5.92 Å². The minimum Gasteiger partial charge on any atom is -0.398 e. The number of anilines is 1. The van der Waals surface area contributed by atoms with E-state index in [1.54, 1.807) is 0 Å². The van der Waals surface area contributed by atoms with Crippen molar-refractivity contribution in [3.63, 3.8) is 0 Å². The van der Waals surface area contributed by atoms with Crippen molar-refractivity contribution in [2.75, 3.05) is 12.3 Å². The van der Waals surface area contributed by atoms with Crippen LogP contribution in [0.25, 0.3) is 0 Å². The van der Waals surface area contributed by atoms with E-state index in [-0.39, 0.29) is 0 Å². The molecule has 3 rings (SSSR count). The summed E-state index contributed by atoms with van der Waals surface area (Å²) in [5, 5.41) is 0. The zero-order valence-corrected chi connectivity index (χ0v) is 11.4. The normalized spacial score (nSPS) is 28.9. The minimum absolute atomic E-state index is 0.784. The molecule has 2 aliphatic rings. The summed E-state index contributed by atoms with van der Waals surface area (Å²) in [7, 11) is 0. The van der Waals surface area contributed by atoms with Gasteiger partial charge in [0, 0.05) is 24.8 Å². The molecule has 2 atom stereocenters. The van der Waals surface area contributed by atoms with Crippen molar-refractivity contribution in [1.82, 2.24) is 4.90 Å². The first-order valence-corrected chi connectivity index (χ1v) is 7.36. The maximum Gasteiger partial charge on any atom is 0.0362 e. The Kier molecular flexibility index (Phi) is 3.29. The lowest BCUT2D eigenvalue weighted by molar-refractivity contribution is 0.0994. The second kappa shape index (κ2) is 4.93. The Morgan fingerprint density at radius 2 is 2.06 bits per heavy atom. The number of nitrogens with zero attached hydrogens (tertiary/aromatic N) is 1. The molecule has 98 valence electrons. The van der Waals surface area contributed by atoms with Crippen LogP contribution in [-0.4, -0.2) is 17.5 Å². The Bertz CT molecular complexity index is 427. The summed E-state index contributed by atoms with van der Waals surface area (Å²) in [6.45, 7) is 4.70. The molecule has 1 heterocycles. The first kappa shape index (κ1) is 12.0. The van der Waals surface area contributed by atoms with Crippen molar-refractivity contribution in [2.45, 2.75) is 51.6 Å². The molecule has 1 aromatic rings. The molecule has 18 heavy (non-hydrogen) atoms. The van der Waals surface area contributed by atoms with Crippen LogP contribution in [0.15, 0.2) is 18.2 Å². The third-order valence-corrected chi connectivity index (χ3v) is 4.87. The topological polar surface area (TPSA) is 29.3 Å². The lowest BCUT2D eigenvalue weighted by Crippen LogP contribution is -2.44. The third kappa shape index (κ3) is 2.14. The average molecular weight is 244 g/mol. The van der Waals surface area contributed by atoms with Gasteiger partial charge < -0.3 is 5.73 Å². The van der Waals surface area contributed by atoms with Gasteiger partial charge in [-0.1, -0.05) is 31.9 Å². The molecule has 1 saturated carbocycles. The van der Waals surface area contributed by atoms with Gasteiger partial charge in [-0.3, -0.25) is 4.90 Å². The molecule has 1 aliphatic heterocycles. The molecule has 2 N–H and O–H groups in total. The highest BCUT2D eigenvalue weighted by Gasteiger charge is 2.29. The largest absolute Gasteiger partial charge is 0.398 e. The number of benzene rings is 1. The standard InChI is InChI=1S/C16H24N2/c1-12-5-2-3-8-16(12)18-10-9-13-6-4-7-15(17)14(13)11-18/h4,6-7,12,16H,2-3,5,8-11,17H2,1H3. The number of hydrogen-bond acceptors (Lipinski definition) is 2. The number of nitrogen functional groups attached to an aromatic ring is 1. The van der Waals surface area contributed by atoms with Gasteiger partial charge in [0.15, 0.2) is 0 Å². The monoisotopic (exact) mass is 244 g/mol. The highest BCUT2D eigenvalue weighted by atomic mass is 15.2. The lowest BCUT2D eigenvalue weighted by Gasteiger charge is -2.41. The van der Waals surface area contributed by atoms with Gasteiger partial charge in [-0.05, 0) is 42.4 Å². The number of nitrogens with two attached hydrogens (primary N) is 1. The van der Waals surface area contributed by atoms with Crippen LogP contribution in [0.1, 0.15) is 43.7 Å². The smallest absolute Gasteiger partial charge is 0.0362 e. The summed E-state index contributed by atoms with van der Waals surface area (Å²) in [5.74, 6) is 0.852. The molecule has 1 fully saturated rings. The van der Waals surface area contributed by atoms with E-state index in [1.807, 2.05) is 6.07 Å². The zero-order valence-electron chi connectivity index (χ0n) is 11.4. The molecule has 2 unspecified atom stereocenters. The van der Waals surface area contributed by atoms with E-state index in [0.717, 1.165) is 24.2 Å². The van der Waals surface area contributed by atoms with Gasteiger partial charge in [0.05, 0.1) is 0 Å². The zero-order chi connectivity index (χ0) is 12.5. The lowest BCUT2D eigenvalue weighted by atomic mass is 9.83. The molecule has 0 bridgehead atoms. The van der Waals surface area contributed by atoms with Crippen molar-refractivity contribution in [3.05, 3.63) is 29.3 Å². The summed E-state index contributed by atoms with van der Waals surface area (Å²) in [4.78, 5) is 2.68. The molecular weight excluding hydrogens is 220 g/mol. The predicted molar refractivity (Wildman–Crippen MR) is 76.4 cm³/mol. The predicted octanol–water partition coefficient (Wildman–Crippen LogP) is 3.21. The maximum atomic E-state index is 6.14. The summed E-state index contributed by atoms with van der Waals surface area (Å²) in [6.07, 6.45) is 6.78. The summed E-state index contributed by atoms with van der Waals surface area (Å²) < 4.78 is 0. The SMILES string of the molecule is CC1CCCCC1N1CCc2cccc(N)c2C1. The summed E-state index contributed by atoms with van der Waals surface area (Å²) >= 11 is 0. The Hall–Kier alpha value is -1.02. The molecule has 0 radical (unpaired) electrons. The Morgan fingerprint density at radius 1 is 1.22 bits per heavy atom. The summed E-state index contributed by atoms with van der Waals surface area (Å²) in [6, 6.07) is 7.17. The van der Waals surface area contributed by atoms with Crippen LogP contribution in [0.5, 0.6) is 0 Å². The van der Waals surface area contributed by atoms with Gasteiger partial charge in [-0.25, -0.2) is 0 Å². The average Bonchev–Trinajstić information content (AvgIpc) is 2.40. The molecule has 0 aromatic heterocycles. The first-order chi connectivity index (χ1) is 8.75. The van der Waals surface area contributed by atoms with Gasteiger partial charge in [0.2, 0.25) is 0 Å². The fourth-order valence-electron chi connectivity index (χ4n) is 3.75. The van der Waals surface area contributed by atoms with Crippen LogP contribution < -0.4 is 5.73 Å². The summed E-state index contributed by atoms with van der Waals surface area (Å²) in [5.41, 5.74) is 9.99. The molecule has 0 spiro atoms. The van der Waals surface area contributed by atoms with Gasteiger partial charge in [-0.15, -0.1) is 0 Å². The first-order valence-electron chi connectivity index (χ1n) is 7.36. The molecule has 0 saturated heterocycles. The molecule has 0 amide bonds. The fraction of sp³-hybridized carbons (Fsp3) is 0.625. The second-order valence-corrected chi connectivity index (χ2v) is 6.03. The Balaban J connectivity index is 1.79. The Labute approximate surface area is 110 Å². The highest BCUT2D eigenvalue weighted by Crippen LogP contribution is 2.32. The van der Waals surface area contributed by atoms with Crippen LogP contribution in [-0.2, 0) is 13.0 Å². The van der Waals surface area contributed by atoms with Crippen molar-refractivity contribution in [1.29, 1.82) is 0 Å². The van der Waals surface area contributed by atoms with E-state index in [1.165, 1.54) is 49.8 Å². The quantitative estimate of drug-likeness (QED) is 0.769. The van der Waals surface area contributed by atoms with Crippen LogP contribution >= 0.6 is 0 Å². The van der Waals surface area contributed by atoms with Crippen LogP contribution in [0.3, 0.4) is 0 Å². The molecular formula is C16H24N2. The number of rotatable bonds is 1. The Morgan fingerprint density at radius 3 is 2.89 bits per heavy atom. The third-order valence-electron chi connectivity index (χ3n) is 4.87. The molecule has 2 heteroatoms. The molecule has 1 aromatic carbocycles. The molecule has 1 aliphatic carbocycles. The highest BCUT2D eigenvalue weighted by molar-refractivity contribution is 5.51. The van der Waals surface area contributed by atoms with E-state index in [0.29, 0.717) is 0 Å². The van der Waals surface area contributed by atoms with Gasteiger partial charge in [0.25, 0.3) is 0 Å². The fourth-order valence-corrected chi connectivity index (χ4v) is 3.75. The second-order valence-electron chi connectivity index (χ2n) is 6.03. The number of hydrogen-bond donors (Lipinski definition) is 1. The van der Waals surface area contributed by atoms with E-state index in [4.69, 9.17) is 5.73 Å². The van der Waals surface area contributed by atoms with E-state index < -0.39 is 0 Å². The van der Waals surface area contributed by atoms with E-state index in [2.05, 4.69) is 24.0 Å². The van der Waals surface area contributed by atoms with Crippen LogP contribution in [0, 0.1) is 5.92 Å². The van der Waals surface area contributed by atoms with Gasteiger partial charge in [0.1, 0.15) is 0 Å². The van der Waals surface area contributed by atoms with Gasteiger partial charge in [-0.2, -0.15) is 0 Å². The number of fused-ring (bicyclic) bond motifs is 1. The van der Waals surface area contributed by atoms with Crippen molar-refractivity contribution < 1.29 is 0 Å². The van der Waals surface area contributed by atoms with Crippen molar-refractivity contribution in [3.8, 4) is 0 Å². The minimum atomic E-state index is 0.784. The van der Waals surface area contributed by atoms with Gasteiger partial charge >= 0.3 is 0 Å². The van der Waals surface area contributed by atoms with E-state index in [9.17, 15) is 0 Å².